The number of ether oxygens (including phenoxy) is 1. The van der Waals surface area contributed by atoms with E-state index < -0.39 is 18.1 Å². The summed E-state index contributed by atoms with van der Waals surface area (Å²) >= 11 is 0. The number of carbonyl (C=O) groups excluding carboxylic acids is 2. The third kappa shape index (κ3) is 3.34. The van der Waals surface area contributed by atoms with Gasteiger partial charge in [-0.25, -0.2) is 4.79 Å². The zero-order valence-corrected chi connectivity index (χ0v) is 7.11. The summed E-state index contributed by atoms with van der Waals surface area (Å²) in [6, 6.07) is -0.970. The molecule has 0 aliphatic carbocycles. The lowest BCUT2D eigenvalue weighted by molar-refractivity contribution is -0.149. The Bertz CT molecular complexity index is 157. The van der Waals surface area contributed by atoms with Crippen molar-refractivity contribution in [3.63, 3.8) is 0 Å². The Balaban J connectivity index is 4.08. The average Bonchev–Trinajstić information content (AvgIpc) is 1.99. The number of amides is 1. The van der Waals surface area contributed by atoms with E-state index in [0.717, 1.165) is 0 Å². The highest BCUT2D eigenvalue weighted by atomic mass is 16.5. The minimum atomic E-state index is -0.970. The number of aliphatic hydroxyl groups is 1. The number of esters is 1. The van der Waals surface area contributed by atoms with Gasteiger partial charge in [-0.1, -0.05) is 0 Å². The molecule has 5 heteroatoms. The molecule has 1 amide bonds. The van der Waals surface area contributed by atoms with Gasteiger partial charge in [0.1, 0.15) is 0 Å². The highest BCUT2D eigenvalue weighted by Crippen LogP contribution is 1.94. The van der Waals surface area contributed by atoms with Crippen molar-refractivity contribution in [1.29, 1.82) is 0 Å². The van der Waals surface area contributed by atoms with Crippen LogP contribution in [0.3, 0.4) is 0 Å². The molecule has 0 radical (unpaired) electrons. The second kappa shape index (κ2) is 5.54. The van der Waals surface area contributed by atoms with Crippen molar-refractivity contribution < 1.29 is 19.4 Å². The lowest BCUT2D eigenvalue weighted by Gasteiger charge is -2.16. The van der Waals surface area contributed by atoms with E-state index >= 15 is 0 Å². The van der Waals surface area contributed by atoms with Gasteiger partial charge in [-0.2, -0.15) is 0 Å². The number of hydrogen-bond acceptors (Lipinski definition) is 4. The van der Waals surface area contributed by atoms with Crippen molar-refractivity contribution in [2.75, 3.05) is 6.61 Å². The van der Waals surface area contributed by atoms with E-state index in [1.54, 1.807) is 6.92 Å². The van der Waals surface area contributed by atoms with Crippen molar-refractivity contribution in [1.82, 2.24) is 5.32 Å². The molecular formula is C7H13NO4. The molecule has 0 saturated heterocycles. The number of carbonyl (C=O) groups is 2. The Labute approximate surface area is 70.7 Å². The van der Waals surface area contributed by atoms with Crippen molar-refractivity contribution in [2.24, 2.45) is 0 Å². The van der Waals surface area contributed by atoms with Gasteiger partial charge < -0.3 is 15.2 Å². The van der Waals surface area contributed by atoms with Gasteiger partial charge in [-0.15, -0.1) is 0 Å². The summed E-state index contributed by atoms with van der Waals surface area (Å²) in [6.45, 7) is 3.28. The Morgan fingerprint density at radius 2 is 2.33 bits per heavy atom. The molecule has 0 aliphatic rings. The van der Waals surface area contributed by atoms with Gasteiger partial charge in [0, 0.05) is 0 Å². The lowest BCUT2D eigenvalue weighted by atomic mass is 10.2. The molecule has 0 saturated carbocycles. The highest BCUT2D eigenvalue weighted by Gasteiger charge is 2.23. The van der Waals surface area contributed by atoms with Crippen LogP contribution in [0.15, 0.2) is 0 Å². The topological polar surface area (TPSA) is 75.6 Å². The second-order valence-electron chi connectivity index (χ2n) is 2.25. The van der Waals surface area contributed by atoms with Crippen LogP contribution >= 0.6 is 0 Å². The van der Waals surface area contributed by atoms with Gasteiger partial charge in [0.05, 0.1) is 12.7 Å². The SMILES string of the molecule is CCOC(=O)[C@@H](NC=O)C(C)O. The fourth-order valence-corrected chi connectivity index (χ4v) is 0.710. The Morgan fingerprint density at radius 1 is 1.75 bits per heavy atom. The van der Waals surface area contributed by atoms with Crippen LogP contribution in [0.25, 0.3) is 0 Å². The quantitative estimate of drug-likeness (QED) is 0.417. The molecule has 0 bridgehead atoms. The summed E-state index contributed by atoms with van der Waals surface area (Å²) in [4.78, 5) is 21.0. The van der Waals surface area contributed by atoms with E-state index in [0.29, 0.717) is 6.41 Å². The first-order chi connectivity index (χ1) is 5.63. The summed E-state index contributed by atoms with van der Waals surface area (Å²) in [5, 5.41) is 11.2. The predicted octanol–water partition coefficient (Wildman–Crippen LogP) is -0.955. The molecular weight excluding hydrogens is 162 g/mol. The van der Waals surface area contributed by atoms with Crippen LogP contribution in [0.1, 0.15) is 13.8 Å². The molecule has 0 aliphatic heterocycles. The molecule has 5 nitrogen and oxygen atoms in total. The van der Waals surface area contributed by atoms with E-state index in [9.17, 15) is 9.59 Å². The van der Waals surface area contributed by atoms with Gasteiger partial charge >= 0.3 is 5.97 Å². The molecule has 70 valence electrons. The summed E-state index contributed by atoms with van der Waals surface area (Å²) < 4.78 is 4.60. The largest absolute Gasteiger partial charge is 0.464 e. The molecule has 0 heterocycles. The molecule has 0 spiro atoms. The smallest absolute Gasteiger partial charge is 0.331 e. The van der Waals surface area contributed by atoms with Crippen LogP contribution in [0, 0.1) is 0 Å². The van der Waals surface area contributed by atoms with Crippen LogP contribution in [-0.4, -0.2) is 36.2 Å². The van der Waals surface area contributed by atoms with Crippen LogP contribution < -0.4 is 5.32 Å². The van der Waals surface area contributed by atoms with E-state index in [4.69, 9.17) is 5.11 Å². The Hall–Kier alpha value is -1.10. The maximum absolute atomic E-state index is 11.0. The van der Waals surface area contributed by atoms with E-state index in [2.05, 4.69) is 10.1 Å². The van der Waals surface area contributed by atoms with Crippen LogP contribution in [0.2, 0.25) is 0 Å². The Morgan fingerprint density at radius 3 is 2.67 bits per heavy atom. The fraction of sp³-hybridized carbons (Fsp3) is 0.714. The van der Waals surface area contributed by atoms with Gasteiger partial charge in [0.25, 0.3) is 0 Å². The van der Waals surface area contributed by atoms with Gasteiger partial charge in [0.2, 0.25) is 6.41 Å². The van der Waals surface area contributed by atoms with E-state index in [1.807, 2.05) is 0 Å². The molecule has 0 aromatic heterocycles. The minimum Gasteiger partial charge on any atom is -0.464 e. The molecule has 2 atom stereocenters. The van der Waals surface area contributed by atoms with Crippen LogP contribution in [-0.2, 0) is 14.3 Å². The van der Waals surface area contributed by atoms with Gasteiger partial charge in [-0.3, -0.25) is 4.79 Å². The third-order valence-corrected chi connectivity index (χ3v) is 1.27. The first kappa shape index (κ1) is 10.9. The summed E-state index contributed by atoms with van der Waals surface area (Å²) in [7, 11) is 0. The molecule has 0 aromatic rings. The lowest BCUT2D eigenvalue weighted by Crippen LogP contribution is -2.45. The molecule has 0 fully saturated rings. The number of nitrogens with one attached hydrogen (secondary N) is 1. The molecule has 2 N–H and O–H groups in total. The average molecular weight is 175 g/mol. The standard InChI is InChI=1S/C7H13NO4/c1-3-12-7(11)6(5(2)10)8-4-9/h4-6,10H,3H2,1-2H3,(H,8,9)/t5?,6-/m0/s1. The predicted molar refractivity (Wildman–Crippen MR) is 41.3 cm³/mol. The summed E-state index contributed by atoms with van der Waals surface area (Å²) in [5.74, 6) is -0.625. The maximum Gasteiger partial charge on any atom is 0.331 e. The van der Waals surface area contributed by atoms with Gasteiger partial charge in [0.15, 0.2) is 6.04 Å². The minimum absolute atomic E-state index is 0.225. The fourth-order valence-electron chi connectivity index (χ4n) is 0.710. The van der Waals surface area contributed by atoms with Gasteiger partial charge in [-0.05, 0) is 13.8 Å². The monoisotopic (exact) mass is 175 g/mol. The number of rotatable bonds is 5. The van der Waals surface area contributed by atoms with Crippen molar-refractivity contribution in [2.45, 2.75) is 26.0 Å². The van der Waals surface area contributed by atoms with Crippen LogP contribution in [0.4, 0.5) is 0 Å². The third-order valence-electron chi connectivity index (χ3n) is 1.27. The van der Waals surface area contributed by atoms with Crippen molar-refractivity contribution in [3.05, 3.63) is 0 Å². The number of hydrogen-bond donors (Lipinski definition) is 2. The van der Waals surface area contributed by atoms with Crippen molar-refractivity contribution in [3.8, 4) is 0 Å². The second-order valence-corrected chi connectivity index (χ2v) is 2.25. The molecule has 1 unspecified atom stereocenters. The van der Waals surface area contributed by atoms with E-state index in [1.165, 1.54) is 6.92 Å². The highest BCUT2D eigenvalue weighted by molar-refractivity contribution is 5.78. The molecule has 0 rings (SSSR count). The molecule has 0 aromatic carbocycles. The first-order valence-electron chi connectivity index (χ1n) is 3.67. The normalized spacial score (nSPS) is 14.6. The van der Waals surface area contributed by atoms with Crippen molar-refractivity contribution >= 4 is 12.4 Å². The Kier molecular flexibility index (Phi) is 5.03. The first-order valence-corrected chi connectivity index (χ1v) is 3.67. The summed E-state index contributed by atoms with van der Waals surface area (Å²) in [5.41, 5.74) is 0. The zero-order valence-electron chi connectivity index (χ0n) is 7.11. The summed E-state index contributed by atoms with van der Waals surface area (Å²) in [6.07, 6.45) is -0.594. The molecule has 12 heavy (non-hydrogen) atoms. The zero-order chi connectivity index (χ0) is 9.56. The maximum atomic E-state index is 11.0. The van der Waals surface area contributed by atoms with Crippen LogP contribution in [0.5, 0.6) is 0 Å². The number of aliphatic hydroxyl groups excluding tert-OH is 1. The van der Waals surface area contributed by atoms with E-state index in [-0.39, 0.29) is 6.61 Å².